The molecular formula is C87H70N6Si2+6. The van der Waals surface area contributed by atoms with Gasteiger partial charge in [-0.2, -0.15) is 0 Å². The van der Waals surface area contributed by atoms with E-state index < -0.39 is 33.1 Å². The van der Waals surface area contributed by atoms with E-state index in [0.717, 1.165) is 0 Å². The Labute approximate surface area is 556 Å². The Bertz CT molecular complexity index is 5740. The molecule has 0 radical (unpaired) electrons. The van der Waals surface area contributed by atoms with Crippen molar-refractivity contribution in [3.63, 3.8) is 0 Å². The van der Waals surface area contributed by atoms with Crippen LogP contribution in [0.3, 0.4) is 0 Å². The average Bonchev–Trinajstić information content (AvgIpc) is 1.53. The summed E-state index contributed by atoms with van der Waals surface area (Å²) in [6.07, 6.45) is 9.45. The van der Waals surface area contributed by atoms with Crippen molar-refractivity contribution in [3.8, 4) is 67.5 Å². The third kappa shape index (κ3) is 7.38. The molecule has 9 aromatic carbocycles. The van der Waals surface area contributed by atoms with Crippen LogP contribution in [0.25, 0.3) is 100 Å². The molecule has 95 heavy (non-hydrogen) atoms. The molecule has 0 amide bonds. The molecule has 3 spiro atoms. The quantitative estimate of drug-likeness (QED) is 0.122. The highest BCUT2D eigenvalue weighted by Crippen LogP contribution is 2.51. The molecule has 0 aliphatic carbocycles. The lowest BCUT2D eigenvalue weighted by atomic mass is 9.90. The van der Waals surface area contributed by atoms with Gasteiger partial charge in [-0.15, -0.1) is 27.4 Å². The molecule has 21 rings (SSSR count). The van der Waals surface area contributed by atoms with Crippen molar-refractivity contribution in [2.75, 3.05) is 0 Å². The van der Waals surface area contributed by atoms with Crippen LogP contribution in [-0.4, -0.2) is 16.1 Å². The first-order valence-electron chi connectivity index (χ1n) is 33.5. The second-order valence-electron chi connectivity index (χ2n) is 28.4. The fraction of sp³-hybridized carbons (Fsp3) is 0.103. The molecule has 450 valence electrons. The van der Waals surface area contributed by atoms with Gasteiger partial charge in [0.1, 0.15) is 33.4 Å². The van der Waals surface area contributed by atoms with Crippen LogP contribution in [0.4, 0.5) is 0 Å². The van der Waals surface area contributed by atoms with Gasteiger partial charge in [0.05, 0.1) is 54.9 Å². The first kappa shape index (κ1) is 55.7. The number of hydrogen-bond donors (Lipinski definition) is 0. The van der Waals surface area contributed by atoms with E-state index in [1.807, 2.05) is 0 Å². The van der Waals surface area contributed by atoms with Crippen LogP contribution < -0.4 is 37.8 Å². The number of hydrogen-bond acceptors (Lipinski definition) is 0. The van der Waals surface area contributed by atoms with Gasteiger partial charge in [0, 0.05) is 75.7 Å². The number of fused-ring (bicyclic) bond motifs is 36. The van der Waals surface area contributed by atoms with Crippen molar-refractivity contribution in [1.82, 2.24) is 0 Å². The lowest BCUT2D eigenvalue weighted by Crippen LogP contribution is -2.72. The van der Waals surface area contributed by atoms with Crippen LogP contribution in [0.2, 0.25) is 39.3 Å². The Morgan fingerprint density at radius 1 is 0.242 bits per heavy atom. The van der Waals surface area contributed by atoms with Crippen LogP contribution in [0.5, 0.6) is 0 Å². The van der Waals surface area contributed by atoms with Crippen molar-refractivity contribution in [3.05, 3.63) is 349 Å². The predicted molar refractivity (Wildman–Crippen MR) is 386 cm³/mol. The lowest BCUT2D eigenvalue weighted by Gasteiger charge is -2.20. The SMILES string of the molecule is C[Si](C)(C)c1ccc2[n+](c1)C1(c3ccccc3-2)c2ccccc2-c2c3ccccc3cc[n+]21.C[Si](C)(C)c1ccc2[n+](c1)C1(c3ccccc3-2)c2ccccc2-c2ccc3ccccc3[n+]21.c1ccc2c(c1)-c1cccc[n+]1C21c2ccccc2-c2ccc3ccccc3[n+]21. The van der Waals surface area contributed by atoms with Gasteiger partial charge in [0.25, 0.3) is 0 Å². The molecule has 0 saturated heterocycles. The van der Waals surface area contributed by atoms with E-state index >= 15 is 0 Å². The third-order valence-corrected chi connectivity index (χ3v) is 25.6. The molecule has 0 fully saturated rings. The zero-order valence-electron chi connectivity index (χ0n) is 54.2. The standard InChI is InChI=1S/2C30H26N2Si.C27H18N2/c1-33(2,3)22-17-19-28-23-11-5-7-13-25(23)30(31(28)20-22)26-14-8-6-12-24(26)29-18-16-21-10-4-9-15-27(21)32(29)30;1-33(2,3)22-16-17-28-24-12-6-8-14-26(24)30(32(28)20-22)27-15-9-7-13-25(27)29-23-11-5-4-10-21(23)18-19-31(29)30;1-6-14-24-19(9-1)16-17-26-21-11-3-5-13-23(21)27(29(24)26)22-12-4-2-10-20(22)25-15-7-8-18-28(25)27/h2*4-20H,1-3H3;1-18H/q3*+2. The van der Waals surface area contributed by atoms with E-state index in [9.17, 15) is 0 Å². The molecule has 6 aliphatic rings. The van der Waals surface area contributed by atoms with Crippen molar-refractivity contribution < 1.29 is 27.4 Å². The van der Waals surface area contributed by atoms with Crippen LogP contribution in [-0.2, 0) is 17.0 Å². The zero-order chi connectivity index (χ0) is 63.7. The van der Waals surface area contributed by atoms with E-state index in [1.54, 1.807) is 0 Å². The Balaban J connectivity index is 0.000000101. The number of nitrogens with zero attached hydrogens (tertiary/aromatic N) is 6. The molecule has 8 heteroatoms. The first-order valence-corrected chi connectivity index (χ1v) is 40.5. The minimum absolute atomic E-state index is 0.417. The molecular weight excluding hydrogens is 1190 g/mol. The van der Waals surface area contributed by atoms with Crippen molar-refractivity contribution in [2.24, 2.45) is 0 Å². The number of aromatic nitrogens is 6. The first-order chi connectivity index (χ1) is 46.4. The summed E-state index contributed by atoms with van der Waals surface area (Å²) in [6.45, 7) is 14.6. The summed E-state index contributed by atoms with van der Waals surface area (Å²) in [5.74, 6) is 0. The minimum atomic E-state index is -1.51. The molecule has 6 nitrogen and oxygen atoms in total. The summed E-state index contributed by atoms with van der Waals surface area (Å²) in [7, 11) is -3.02. The van der Waals surface area contributed by atoms with E-state index in [4.69, 9.17) is 0 Å². The topological polar surface area (TPSA) is 23.3 Å². The van der Waals surface area contributed by atoms with Crippen molar-refractivity contribution in [2.45, 2.75) is 56.3 Å². The average molecular weight is 1260 g/mol. The highest BCUT2D eigenvalue weighted by atomic mass is 28.3. The highest BCUT2D eigenvalue weighted by molar-refractivity contribution is 6.89. The van der Waals surface area contributed by atoms with Crippen LogP contribution in [0, 0.1) is 0 Å². The van der Waals surface area contributed by atoms with Gasteiger partial charge in [0.15, 0.2) is 24.8 Å². The van der Waals surface area contributed by atoms with Gasteiger partial charge in [0.2, 0.25) is 45.2 Å². The monoisotopic (exact) mass is 1250 g/mol. The van der Waals surface area contributed by atoms with E-state index in [-0.39, 0.29) is 0 Å². The summed E-state index contributed by atoms with van der Waals surface area (Å²) in [5.41, 5.74) is 24.9. The van der Waals surface area contributed by atoms with Crippen LogP contribution in [0.1, 0.15) is 33.4 Å². The lowest BCUT2D eigenvalue weighted by molar-refractivity contribution is -0.954. The van der Waals surface area contributed by atoms with E-state index in [1.165, 1.54) is 144 Å². The van der Waals surface area contributed by atoms with Crippen LogP contribution in [0.15, 0.2) is 316 Å². The Morgan fingerprint density at radius 2 is 0.589 bits per heavy atom. The summed E-state index contributed by atoms with van der Waals surface area (Å²) in [5, 5.41) is 8.06. The zero-order valence-corrected chi connectivity index (χ0v) is 56.2. The largest absolute Gasteiger partial charge is 0.418 e. The Kier molecular flexibility index (Phi) is 11.8. The number of para-hydroxylation sites is 2. The molecule has 6 aliphatic heterocycles. The third-order valence-electron chi connectivity index (χ3n) is 21.5. The fourth-order valence-electron chi connectivity index (χ4n) is 17.4. The molecule has 12 heterocycles. The summed E-state index contributed by atoms with van der Waals surface area (Å²) >= 11 is 0. The van der Waals surface area contributed by atoms with Crippen LogP contribution >= 0.6 is 0 Å². The van der Waals surface area contributed by atoms with Gasteiger partial charge in [-0.25, -0.2) is 0 Å². The van der Waals surface area contributed by atoms with Gasteiger partial charge in [-0.05, 0) is 115 Å². The summed E-state index contributed by atoms with van der Waals surface area (Å²) < 4.78 is 15.3. The Hall–Kier alpha value is -10.9. The second kappa shape index (κ2) is 20.1. The maximum Gasteiger partial charge on any atom is 0.418 e. The molecule has 3 unspecified atom stereocenters. The second-order valence-corrected chi connectivity index (χ2v) is 38.6. The van der Waals surface area contributed by atoms with Gasteiger partial charge >= 0.3 is 17.0 Å². The van der Waals surface area contributed by atoms with Gasteiger partial charge in [-0.3, -0.25) is 0 Å². The normalized spacial score (nSPS) is 17.7. The maximum absolute atomic E-state index is 2.59. The summed E-state index contributed by atoms with van der Waals surface area (Å²) in [4.78, 5) is 0. The van der Waals surface area contributed by atoms with Gasteiger partial charge in [-0.1, -0.05) is 167 Å². The predicted octanol–water partition coefficient (Wildman–Crippen LogP) is 15.1. The molecule has 3 atom stereocenters. The minimum Gasteiger partial charge on any atom is -0.126 e. The molecule has 0 saturated carbocycles. The van der Waals surface area contributed by atoms with Crippen molar-refractivity contribution >= 4 is 59.1 Å². The smallest absolute Gasteiger partial charge is 0.126 e. The maximum atomic E-state index is 2.59. The van der Waals surface area contributed by atoms with Crippen molar-refractivity contribution in [1.29, 1.82) is 0 Å². The Morgan fingerprint density at radius 3 is 1.07 bits per heavy atom. The fourth-order valence-corrected chi connectivity index (χ4v) is 19.6. The molecule has 0 bridgehead atoms. The van der Waals surface area contributed by atoms with E-state index in [0.29, 0.717) is 0 Å². The van der Waals surface area contributed by atoms with Gasteiger partial charge < -0.3 is 0 Å². The highest BCUT2D eigenvalue weighted by Gasteiger charge is 2.70. The summed E-state index contributed by atoms with van der Waals surface area (Å²) in [6, 6.07) is 107. The molecule has 0 N–H and O–H groups in total. The number of pyridine rings is 6. The molecule has 6 aromatic heterocycles. The molecule has 15 aromatic rings. The number of benzene rings is 9. The number of rotatable bonds is 2. The van der Waals surface area contributed by atoms with E-state index in [2.05, 4.69) is 383 Å².